The van der Waals surface area contributed by atoms with Crippen molar-refractivity contribution < 1.29 is 14.3 Å². The van der Waals surface area contributed by atoms with Gasteiger partial charge in [0.15, 0.2) is 0 Å². The molecule has 0 bridgehead atoms. The molecule has 0 fully saturated rings. The van der Waals surface area contributed by atoms with E-state index in [0.717, 1.165) is 6.42 Å². The summed E-state index contributed by atoms with van der Waals surface area (Å²) < 4.78 is 4.48. The van der Waals surface area contributed by atoms with Crippen LogP contribution in [0.2, 0.25) is 0 Å². The average molecular weight is 186 g/mol. The molecule has 0 saturated carbocycles. The Hall–Kier alpha value is -0.860. The third-order valence-corrected chi connectivity index (χ3v) is 2.01. The van der Waals surface area contributed by atoms with Crippen LogP contribution < -0.4 is 0 Å². The van der Waals surface area contributed by atoms with Crippen LogP contribution in [-0.2, 0) is 14.3 Å². The van der Waals surface area contributed by atoms with E-state index in [4.69, 9.17) is 0 Å². The van der Waals surface area contributed by atoms with Crippen molar-refractivity contribution in [2.75, 3.05) is 7.11 Å². The normalized spacial score (nSPS) is 12.7. The van der Waals surface area contributed by atoms with Gasteiger partial charge in [0.25, 0.3) is 0 Å². The fourth-order valence-corrected chi connectivity index (χ4v) is 0.956. The Bertz CT molecular complexity index is 185. The highest BCUT2D eigenvalue weighted by Gasteiger charge is 2.21. The van der Waals surface area contributed by atoms with E-state index >= 15 is 0 Å². The molecular formula is C10H18O3. The molecule has 0 aliphatic carbocycles. The predicted octanol–water partition coefficient (Wildman–Crippen LogP) is 1.80. The molecule has 0 aromatic heterocycles. The van der Waals surface area contributed by atoms with Crippen LogP contribution >= 0.6 is 0 Å². The highest BCUT2D eigenvalue weighted by Crippen LogP contribution is 2.09. The van der Waals surface area contributed by atoms with Crippen LogP contribution in [0.25, 0.3) is 0 Å². The Balaban J connectivity index is 3.90. The van der Waals surface area contributed by atoms with E-state index in [2.05, 4.69) is 18.6 Å². The van der Waals surface area contributed by atoms with Crippen molar-refractivity contribution in [1.29, 1.82) is 0 Å². The molecule has 1 atom stereocenters. The number of rotatable bonds is 5. The Labute approximate surface area is 79.5 Å². The van der Waals surface area contributed by atoms with Gasteiger partial charge in [-0.25, -0.2) is 0 Å². The van der Waals surface area contributed by atoms with Crippen LogP contribution in [0, 0.1) is 11.8 Å². The molecule has 0 aromatic rings. The van der Waals surface area contributed by atoms with Crippen LogP contribution in [0.3, 0.4) is 0 Å². The molecule has 0 amide bonds. The van der Waals surface area contributed by atoms with E-state index in [1.54, 1.807) is 6.92 Å². The predicted molar refractivity (Wildman–Crippen MR) is 50.3 cm³/mol. The summed E-state index contributed by atoms with van der Waals surface area (Å²) in [6.07, 6.45) is 1.30. The Morgan fingerprint density at radius 1 is 1.23 bits per heavy atom. The number of carbonyl (C=O) groups is 2. The number of hydrogen-bond acceptors (Lipinski definition) is 3. The zero-order valence-corrected chi connectivity index (χ0v) is 8.79. The summed E-state index contributed by atoms with van der Waals surface area (Å²) in [6.45, 7) is 5.70. The fraction of sp³-hybridized carbons (Fsp3) is 0.800. The van der Waals surface area contributed by atoms with Crippen molar-refractivity contribution in [2.24, 2.45) is 11.8 Å². The minimum Gasteiger partial charge on any atom is -0.468 e. The fourth-order valence-electron chi connectivity index (χ4n) is 0.956. The van der Waals surface area contributed by atoms with Gasteiger partial charge in [0.2, 0.25) is 0 Å². The zero-order chi connectivity index (χ0) is 10.4. The standard InChI is InChI=1S/C10H18O3/c1-7(2)5-6-9(11)8(3)10(12)13-4/h7-8H,5-6H2,1-4H3. The van der Waals surface area contributed by atoms with Crippen LogP contribution in [-0.4, -0.2) is 18.9 Å². The van der Waals surface area contributed by atoms with E-state index in [9.17, 15) is 9.59 Å². The second kappa shape index (κ2) is 5.73. The SMILES string of the molecule is COC(=O)C(C)C(=O)CCC(C)C. The number of ether oxygens (including phenoxy) is 1. The van der Waals surface area contributed by atoms with E-state index in [1.165, 1.54) is 7.11 Å². The lowest BCUT2D eigenvalue weighted by Crippen LogP contribution is -2.22. The highest BCUT2D eigenvalue weighted by atomic mass is 16.5. The van der Waals surface area contributed by atoms with E-state index in [0.29, 0.717) is 12.3 Å². The summed E-state index contributed by atoms with van der Waals surface area (Å²) in [5, 5.41) is 0. The zero-order valence-electron chi connectivity index (χ0n) is 8.79. The minimum atomic E-state index is -0.608. The molecule has 0 radical (unpaired) electrons. The van der Waals surface area contributed by atoms with E-state index < -0.39 is 11.9 Å². The topological polar surface area (TPSA) is 43.4 Å². The molecular weight excluding hydrogens is 168 g/mol. The summed E-state index contributed by atoms with van der Waals surface area (Å²) in [6, 6.07) is 0. The van der Waals surface area contributed by atoms with Gasteiger partial charge >= 0.3 is 5.97 Å². The van der Waals surface area contributed by atoms with Crippen LogP contribution in [0.5, 0.6) is 0 Å². The van der Waals surface area contributed by atoms with Gasteiger partial charge in [-0.3, -0.25) is 9.59 Å². The summed E-state index contributed by atoms with van der Waals surface area (Å²) in [5.74, 6) is -0.577. The number of carbonyl (C=O) groups excluding carboxylic acids is 2. The molecule has 0 rings (SSSR count). The van der Waals surface area contributed by atoms with Gasteiger partial charge in [0.05, 0.1) is 7.11 Å². The van der Waals surface area contributed by atoms with Crippen LogP contribution in [0.15, 0.2) is 0 Å². The molecule has 0 aromatic carbocycles. The second-order valence-corrected chi connectivity index (χ2v) is 3.64. The molecule has 3 nitrogen and oxygen atoms in total. The maximum atomic E-state index is 11.3. The third-order valence-electron chi connectivity index (χ3n) is 2.01. The maximum Gasteiger partial charge on any atom is 0.315 e. The van der Waals surface area contributed by atoms with Gasteiger partial charge in [-0.15, -0.1) is 0 Å². The number of esters is 1. The highest BCUT2D eigenvalue weighted by molar-refractivity contribution is 5.98. The van der Waals surface area contributed by atoms with Crippen molar-refractivity contribution in [1.82, 2.24) is 0 Å². The minimum absolute atomic E-state index is 0.0273. The molecule has 0 aliphatic rings. The Morgan fingerprint density at radius 2 is 1.77 bits per heavy atom. The summed E-state index contributed by atoms with van der Waals surface area (Å²) in [7, 11) is 1.30. The molecule has 0 aliphatic heterocycles. The van der Waals surface area contributed by atoms with Gasteiger partial charge in [-0.05, 0) is 19.3 Å². The third kappa shape index (κ3) is 4.65. The van der Waals surface area contributed by atoms with E-state index in [1.807, 2.05) is 0 Å². The lowest BCUT2D eigenvalue weighted by atomic mass is 9.98. The van der Waals surface area contributed by atoms with Crippen molar-refractivity contribution in [2.45, 2.75) is 33.6 Å². The van der Waals surface area contributed by atoms with Gasteiger partial charge in [-0.1, -0.05) is 13.8 Å². The van der Waals surface area contributed by atoms with Crippen LogP contribution in [0.1, 0.15) is 33.6 Å². The molecule has 0 N–H and O–H groups in total. The van der Waals surface area contributed by atoms with Crippen LogP contribution in [0.4, 0.5) is 0 Å². The molecule has 76 valence electrons. The number of hydrogen-bond donors (Lipinski definition) is 0. The van der Waals surface area contributed by atoms with Gasteiger partial charge < -0.3 is 4.74 Å². The monoisotopic (exact) mass is 186 g/mol. The molecule has 0 saturated heterocycles. The maximum absolute atomic E-state index is 11.3. The van der Waals surface area contributed by atoms with E-state index in [-0.39, 0.29) is 5.78 Å². The molecule has 0 heterocycles. The molecule has 0 spiro atoms. The Kier molecular flexibility index (Phi) is 5.35. The average Bonchev–Trinajstić information content (AvgIpc) is 2.11. The smallest absolute Gasteiger partial charge is 0.315 e. The summed E-state index contributed by atoms with van der Waals surface area (Å²) in [4.78, 5) is 22.3. The molecule has 1 unspecified atom stereocenters. The molecule has 13 heavy (non-hydrogen) atoms. The number of ketones is 1. The summed E-state index contributed by atoms with van der Waals surface area (Å²) >= 11 is 0. The van der Waals surface area contributed by atoms with Gasteiger partial charge in [-0.2, -0.15) is 0 Å². The van der Waals surface area contributed by atoms with Crippen molar-refractivity contribution >= 4 is 11.8 Å². The first kappa shape index (κ1) is 12.1. The first-order chi connectivity index (χ1) is 5.99. The van der Waals surface area contributed by atoms with Crippen molar-refractivity contribution in [3.05, 3.63) is 0 Å². The second-order valence-electron chi connectivity index (χ2n) is 3.64. The largest absolute Gasteiger partial charge is 0.468 e. The molecule has 3 heteroatoms. The first-order valence-electron chi connectivity index (χ1n) is 4.59. The Morgan fingerprint density at radius 3 is 2.15 bits per heavy atom. The van der Waals surface area contributed by atoms with Gasteiger partial charge in [0.1, 0.15) is 11.7 Å². The summed E-state index contributed by atoms with van der Waals surface area (Å²) in [5.41, 5.74) is 0. The van der Waals surface area contributed by atoms with Crippen molar-refractivity contribution in [3.63, 3.8) is 0 Å². The lowest BCUT2D eigenvalue weighted by Gasteiger charge is -2.08. The lowest BCUT2D eigenvalue weighted by molar-refractivity contribution is -0.148. The first-order valence-corrected chi connectivity index (χ1v) is 4.59. The van der Waals surface area contributed by atoms with Gasteiger partial charge in [0, 0.05) is 6.42 Å². The quantitative estimate of drug-likeness (QED) is 0.485. The van der Waals surface area contributed by atoms with Crippen molar-refractivity contribution in [3.8, 4) is 0 Å². The number of methoxy groups -OCH3 is 1. The number of Topliss-reactive ketones (excluding diaryl/α,β-unsaturated/α-hetero) is 1.